The standard InChI is InChI=1S/C27H18BrCl2N3O6S/c1-3-38-26(35)22-13(2)31-27-32(24(22)14-4-6-16(29)7-5-14)25(34)21(40-27)12-17-8-9-20(39-17)15-10-18(30)23(28)19(11-15)33(36)37/h4-12,24H,3H2,1-2H3/b21-12-/t24-/m1/s1. The fourth-order valence-corrected chi connectivity index (χ4v) is 6.06. The Labute approximate surface area is 248 Å². The number of benzene rings is 2. The van der Waals surface area contributed by atoms with Crippen LogP contribution in [0.25, 0.3) is 17.4 Å². The molecule has 9 nitrogen and oxygen atoms in total. The van der Waals surface area contributed by atoms with Crippen LogP contribution in [0.4, 0.5) is 5.69 Å². The Kier molecular flexibility index (Phi) is 7.83. The van der Waals surface area contributed by atoms with Gasteiger partial charge < -0.3 is 9.15 Å². The Morgan fingerprint density at radius 1 is 1.25 bits per heavy atom. The van der Waals surface area contributed by atoms with Gasteiger partial charge in [0.1, 0.15) is 16.0 Å². The molecule has 1 atom stereocenters. The van der Waals surface area contributed by atoms with Crippen LogP contribution < -0.4 is 14.9 Å². The van der Waals surface area contributed by atoms with Crippen LogP contribution in [-0.4, -0.2) is 22.1 Å². The highest BCUT2D eigenvalue weighted by Gasteiger charge is 2.33. The van der Waals surface area contributed by atoms with Crippen molar-refractivity contribution in [2.45, 2.75) is 19.9 Å². The second-order valence-electron chi connectivity index (χ2n) is 8.60. The number of aromatic nitrogens is 1. The predicted molar refractivity (Wildman–Crippen MR) is 155 cm³/mol. The number of fused-ring (bicyclic) bond motifs is 1. The van der Waals surface area contributed by atoms with Crippen LogP contribution in [0.1, 0.15) is 31.2 Å². The molecule has 13 heteroatoms. The van der Waals surface area contributed by atoms with Gasteiger partial charge in [0, 0.05) is 22.7 Å². The van der Waals surface area contributed by atoms with E-state index in [1.807, 2.05) is 0 Å². The van der Waals surface area contributed by atoms with Gasteiger partial charge in [-0.25, -0.2) is 9.79 Å². The van der Waals surface area contributed by atoms with Crippen LogP contribution in [0.5, 0.6) is 0 Å². The maximum absolute atomic E-state index is 13.7. The molecule has 0 amide bonds. The molecule has 0 saturated heterocycles. The number of hydrogen-bond acceptors (Lipinski definition) is 8. The van der Waals surface area contributed by atoms with E-state index in [0.29, 0.717) is 42.7 Å². The predicted octanol–water partition coefficient (Wildman–Crippen LogP) is 6.04. The molecule has 0 fully saturated rings. The van der Waals surface area contributed by atoms with Crippen molar-refractivity contribution in [1.29, 1.82) is 0 Å². The van der Waals surface area contributed by atoms with Gasteiger partial charge in [-0.15, -0.1) is 0 Å². The van der Waals surface area contributed by atoms with E-state index >= 15 is 0 Å². The van der Waals surface area contributed by atoms with Crippen LogP contribution >= 0.6 is 50.5 Å². The van der Waals surface area contributed by atoms with Gasteiger partial charge in [-0.3, -0.25) is 19.5 Å². The van der Waals surface area contributed by atoms with Gasteiger partial charge in [-0.2, -0.15) is 0 Å². The number of carbonyl (C=O) groups is 1. The third-order valence-electron chi connectivity index (χ3n) is 6.09. The molecule has 4 aromatic rings. The van der Waals surface area contributed by atoms with E-state index in [1.165, 1.54) is 10.6 Å². The number of halogens is 3. The van der Waals surface area contributed by atoms with Gasteiger partial charge in [-0.05, 0) is 65.7 Å². The van der Waals surface area contributed by atoms with Crippen molar-refractivity contribution in [3.63, 3.8) is 0 Å². The summed E-state index contributed by atoms with van der Waals surface area (Å²) in [5.41, 5.74) is 1.20. The molecular weight excluding hydrogens is 645 g/mol. The number of carbonyl (C=O) groups excluding carboxylic acids is 1. The molecule has 0 spiro atoms. The second-order valence-corrected chi connectivity index (χ2v) is 11.2. The molecule has 0 saturated carbocycles. The molecule has 2 aromatic heterocycles. The molecule has 0 aliphatic carbocycles. The summed E-state index contributed by atoms with van der Waals surface area (Å²) < 4.78 is 13.1. The van der Waals surface area contributed by atoms with E-state index in [1.54, 1.807) is 62.4 Å². The molecule has 1 aliphatic heterocycles. The van der Waals surface area contributed by atoms with E-state index in [9.17, 15) is 19.7 Å². The van der Waals surface area contributed by atoms with Crippen molar-refractivity contribution in [3.8, 4) is 11.3 Å². The lowest BCUT2D eigenvalue weighted by atomic mass is 9.96. The Hall–Kier alpha value is -3.51. The fraction of sp³-hybridized carbons (Fsp3) is 0.148. The van der Waals surface area contributed by atoms with Crippen molar-refractivity contribution in [2.24, 2.45) is 4.99 Å². The highest BCUT2D eigenvalue weighted by molar-refractivity contribution is 9.10. The van der Waals surface area contributed by atoms with E-state index in [0.717, 1.165) is 11.3 Å². The van der Waals surface area contributed by atoms with Crippen LogP contribution in [0, 0.1) is 10.1 Å². The maximum Gasteiger partial charge on any atom is 0.338 e. The molecular formula is C27H18BrCl2N3O6S. The number of rotatable bonds is 6. The second kappa shape index (κ2) is 11.2. The number of nitro groups is 1. The van der Waals surface area contributed by atoms with Gasteiger partial charge in [0.15, 0.2) is 4.80 Å². The summed E-state index contributed by atoms with van der Waals surface area (Å²) in [6.45, 7) is 3.58. The van der Waals surface area contributed by atoms with Crippen molar-refractivity contribution >= 4 is 68.2 Å². The Morgan fingerprint density at radius 3 is 2.65 bits per heavy atom. The highest BCUT2D eigenvalue weighted by Crippen LogP contribution is 2.37. The minimum absolute atomic E-state index is 0.158. The first-order valence-electron chi connectivity index (χ1n) is 11.8. The minimum Gasteiger partial charge on any atom is -0.463 e. The van der Waals surface area contributed by atoms with Gasteiger partial charge in [-0.1, -0.05) is 46.7 Å². The Balaban J connectivity index is 1.62. The van der Waals surface area contributed by atoms with Crippen LogP contribution in [-0.2, 0) is 9.53 Å². The summed E-state index contributed by atoms with van der Waals surface area (Å²) >= 11 is 16.5. The summed E-state index contributed by atoms with van der Waals surface area (Å²) in [7, 11) is 0. The number of nitrogens with zero attached hydrogens (tertiary/aromatic N) is 3. The fourth-order valence-electron chi connectivity index (χ4n) is 4.32. The van der Waals surface area contributed by atoms with Crippen molar-refractivity contribution in [1.82, 2.24) is 4.57 Å². The third-order valence-corrected chi connectivity index (χ3v) is 8.69. The monoisotopic (exact) mass is 661 g/mol. The topological polar surface area (TPSA) is 117 Å². The largest absolute Gasteiger partial charge is 0.463 e. The number of nitro benzene ring substituents is 1. The first-order valence-corrected chi connectivity index (χ1v) is 14.1. The molecule has 40 heavy (non-hydrogen) atoms. The van der Waals surface area contributed by atoms with Crippen molar-refractivity contribution in [2.75, 3.05) is 6.61 Å². The van der Waals surface area contributed by atoms with Gasteiger partial charge in [0.05, 0.1) is 38.4 Å². The van der Waals surface area contributed by atoms with Crippen LogP contribution in [0.2, 0.25) is 10.0 Å². The molecule has 5 rings (SSSR count). The zero-order chi connectivity index (χ0) is 28.7. The summed E-state index contributed by atoms with van der Waals surface area (Å²) in [5.74, 6) is 0.109. The SMILES string of the molecule is CCOC(=O)C1=C(C)N=c2s/c(=C\c3ccc(-c4cc(Cl)c(Br)c([N+](=O)[O-])c4)o3)c(=O)n2[C@@H]1c1ccc(Cl)cc1. The number of furan rings is 1. The molecule has 0 unspecified atom stereocenters. The molecule has 0 N–H and O–H groups in total. The number of allylic oxidation sites excluding steroid dienone is 1. The number of ether oxygens (including phenoxy) is 1. The first-order chi connectivity index (χ1) is 19.1. The van der Waals surface area contributed by atoms with Gasteiger partial charge in [0.25, 0.3) is 11.2 Å². The minimum atomic E-state index is -0.771. The number of hydrogen-bond donors (Lipinski definition) is 0. The summed E-state index contributed by atoms with van der Waals surface area (Å²) in [5, 5.41) is 12.1. The molecule has 204 valence electrons. The van der Waals surface area contributed by atoms with Crippen molar-refractivity contribution < 1.29 is 18.9 Å². The van der Waals surface area contributed by atoms with Gasteiger partial charge >= 0.3 is 5.97 Å². The maximum atomic E-state index is 13.7. The van der Waals surface area contributed by atoms with E-state index in [2.05, 4.69) is 20.9 Å². The molecule has 0 bridgehead atoms. The lowest BCUT2D eigenvalue weighted by molar-refractivity contribution is -0.385. The van der Waals surface area contributed by atoms with E-state index < -0.39 is 16.9 Å². The van der Waals surface area contributed by atoms with Crippen LogP contribution in [0.15, 0.2) is 78.5 Å². The molecule has 0 radical (unpaired) electrons. The lowest BCUT2D eigenvalue weighted by Crippen LogP contribution is -2.39. The number of thiazole rings is 1. The smallest absolute Gasteiger partial charge is 0.338 e. The molecule has 1 aliphatic rings. The van der Waals surface area contributed by atoms with Crippen molar-refractivity contribution in [3.05, 3.63) is 115 Å². The average molecular weight is 663 g/mol. The summed E-state index contributed by atoms with van der Waals surface area (Å²) in [6.07, 6.45) is 1.56. The zero-order valence-electron chi connectivity index (χ0n) is 20.8. The normalized spacial score (nSPS) is 15.1. The quantitative estimate of drug-likeness (QED) is 0.141. The number of esters is 1. The third kappa shape index (κ3) is 5.17. The van der Waals surface area contributed by atoms with Gasteiger partial charge in [0.2, 0.25) is 0 Å². The Morgan fingerprint density at radius 2 is 1.98 bits per heavy atom. The lowest BCUT2D eigenvalue weighted by Gasteiger charge is -2.24. The summed E-state index contributed by atoms with van der Waals surface area (Å²) in [4.78, 5) is 42.5. The Bertz CT molecular complexity index is 1890. The first kappa shape index (κ1) is 28.0. The molecule has 3 heterocycles. The summed E-state index contributed by atoms with van der Waals surface area (Å²) in [6, 6.07) is 12.3. The molecule has 2 aromatic carbocycles. The average Bonchev–Trinajstić information content (AvgIpc) is 3.49. The van der Waals surface area contributed by atoms with E-state index in [-0.39, 0.29) is 32.9 Å². The zero-order valence-corrected chi connectivity index (χ0v) is 24.7. The van der Waals surface area contributed by atoms with Crippen LogP contribution in [0.3, 0.4) is 0 Å². The van der Waals surface area contributed by atoms with E-state index in [4.69, 9.17) is 32.4 Å². The highest BCUT2D eigenvalue weighted by atomic mass is 79.9.